The van der Waals surface area contributed by atoms with Crippen LogP contribution in [0.1, 0.15) is 19.3 Å². The lowest BCUT2D eigenvalue weighted by Crippen LogP contribution is -2.44. The maximum absolute atomic E-state index is 12.4. The number of carbonyl (C=O) groups is 1. The Hall–Kier alpha value is -1.25. The molecule has 0 aromatic carbocycles. The highest BCUT2D eigenvalue weighted by atomic mass is 19.4. The molecule has 1 saturated heterocycles. The Bertz CT molecular complexity index is 282. The molecule has 1 rings (SSSR count). The fourth-order valence-corrected chi connectivity index (χ4v) is 1.65. The van der Waals surface area contributed by atoms with Crippen molar-refractivity contribution >= 4 is 5.91 Å². The van der Waals surface area contributed by atoms with Crippen LogP contribution in [0.3, 0.4) is 0 Å². The number of nitrogens with zero attached hydrogens (tertiary/aromatic N) is 2. The molecule has 3 nitrogen and oxygen atoms in total. The van der Waals surface area contributed by atoms with E-state index < -0.39 is 18.0 Å². The minimum atomic E-state index is -4.24. The Morgan fingerprint density at radius 2 is 2.20 bits per heavy atom. The molecular formula is C9H11F3N2O. The molecule has 1 heterocycles. The molecule has 15 heavy (non-hydrogen) atoms. The number of amides is 1. The van der Waals surface area contributed by atoms with E-state index in [2.05, 4.69) is 0 Å². The van der Waals surface area contributed by atoms with Crippen LogP contribution in [0.2, 0.25) is 0 Å². The van der Waals surface area contributed by atoms with Crippen LogP contribution in [0.4, 0.5) is 13.2 Å². The average Bonchev–Trinajstić information content (AvgIpc) is 2.17. The maximum Gasteiger partial charge on any atom is 0.393 e. The summed E-state index contributed by atoms with van der Waals surface area (Å²) in [4.78, 5) is 12.3. The van der Waals surface area contributed by atoms with E-state index in [1.807, 2.05) is 0 Å². The lowest BCUT2D eigenvalue weighted by Gasteiger charge is -2.33. The zero-order valence-corrected chi connectivity index (χ0v) is 8.05. The molecule has 1 fully saturated rings. The number of alkyl halides is 3. The lowest BCUT2D eigenvalue weighted by atomic mass is 9.97. The molecular weight excluding hydrogens is 209 g/mol. The third-order valence-corrected chi connectivity index (χ3v) is 2.47. The van der Waals surface area contributed by atoms with E-state index in [1.54, 1.807) is 6.07 Å². The van der Waals surface area contributed by atoms with Crippen molar-refractivity contribution in [2.75, 3.05) is 13.1 Å². The average molecular weight is 220 g/mol. The number of hydrogen-bond acceptors (Lipinski definition) is 2. The van der Waals surface area contributed by atoms with Gasteiger partial charge in [-0.2, -0.15) is 18.4 Å². The molecule has 0 N–H and O–H groups in total. The SMILES string of the molecule is N#CCC(=O)N1CCCC(C(F)(F)F)C1. The zero-order valence-electron chi connectivity index (χ0n) is 8.05. The number of likely N-dealkylation sites (tertiary alicyclic amines) is 1. The molecule has 0 radical (unpaired) electrons. The highest BCUT2D eigenvalue weighted by Gasteiger charge is 2.42. The van der Waals surface area contributed by atoms with Gasteiger partial charge in [-0.1, -0.05) is 0 Å². The fraction of sp³-hybridized carbons (Fsp3) is 0.778. The molecule has 0 bridgehead atoms. The molecule has 1 amide bonds. The van der Waals surface area contributed by atoms with Crippen LogP contribution >= 0.6 is 0 Å². The predicted octanol–water partition coefficient (Wildman–Crippen LogP) is 1.70. The van der Waals surface area contributed by atoms with Crippen LogP contribution in [0.25, 0.3) is 0 Å². The van der Waals surface area contributed by atoms with Gasteiger partial charge in [0.2, 0.25) is 5.91 Å². The van der Waals surface area contributed by atoms with Gasteiger partial charge in [-0.25, -0.2) is 0 Å². The third kappa shape index (κ3) is 3.11. The Morgan fingerprint density at radius 3 is 2.73 bits per heavy atom. The van der Waals surface area contributed by atoms with Crippen LogP contribution in [0, 0.1) is 17.2 Å². The van der Waals surface area contributed by atoms with E-state index in [4.69, 9.17) is 5.26 Å². The normalized spacial score (nSPS) is 22.3. The summed E-state index contributed by atoms with van der Waals surface area (Å²) in [6.07, 6.45) is -4.17. The Labute approximate surface area is 85.5 Å². The zero-order chi connectivity index (χ0) is 11.5. The van der Waals surface area contributed by atoms with Crippen LogP contribution in [-0.4, -0.2) is 30.1 Å². The monoisotopic (exact) mass is 220 g/mol. The van der Waals surface area contributed by atoms with Gasteiger partial charge in [0, 0.05) is 13.1 Å². The van der Waals surface area contributed by atoms with Crippen molar-refractivity contribution < 1.29 is 18.0 Å². The summed E-state index contributed by atoms with van der Waals surface area (Å²) >= 11 is 0. The van der Waals surface area contributed by atoms with Gasteiger partial charge in [0.25, 0.3) is 0 Å². The summed E-state index contributed by atoms with van der Waals surface area (Å²) < 4.78 is 37.1. The summed E-state index contributed by atoms with van der Waals surface area (Å²) in [7, 11) is 0. The van der Waals surface area contributed by atoms with Crippen LogP contribution in [0.5, 0.6) is 0 Å². The molecule has 0 aromatic rings. The van der Waals surface area contributed by atoms with Gasteiger partial charge in [-0.3, -0.25) is 4.79 Å². The molecule has 0 aliphatic carbocycles. The predicted molar refractivity (Wildman–Crippen MR) is 45.6 cm³/mol. The molecule has 1 atom stereocenters. The lowest BCUT2D eigenvalue weighted by molar-refractivity contribution is -0.187. The summed E-state index contributed by atoms with van der Waals surface area (Å²) in [5.74, 6) is -1.94. The number of piperidine rings is 1. The second-order valence-electron chi connectivity index (χ2n) is 3.56. The van der Waals surface area contributed by atoms with Crippen molar-refractivity contribution in [3.63, 3.8) is 0 Å². The van der Waals surface area contributed by atoms with E-state index in [0.29, 0.717) is 13.0 Å². The largest absolute Gasteiger partial charge is 0.393 e. The number of halogens is 3. The van der Waals surface area contributed by atoms with Crippen molar-refractivity contribution in [2.24, 2.45) is 5.92 Å². The number of nitriles is 1. The molecule has 84 valence electrons. The van der Waals surface area contributed by atoms with E-state index >= 15 is 0 Å². The van der Waals surface area contributed by atoms with Gasteiger partial charge in [0.1, 0.15) is 6.42 Å². The fourth-order valence-electron chi connectivity index (χ4n) is 1.65. The van der Waals surface area contributed by atoms with Gasteiger partial charge >= 0.3 is 6.18 Å². The quantitative estimate of drug-likeness (QED) is 0.675. The molecule has 1 aliphatic heterocycles. The first-order chi connectivity index (χ1) is 6.95. The molecule has 1 aliphatic rings. The molecule has 6 heteroatoms. The topological polar surface area (TPSA) is 44.1 Å². The van der Waals surface area contributed by atoms with Gasteiger partial charge in [0.15, 0.2) is 0 Å². The van der Waals surface area contributed by atoms with E-state index in [9.17, 15) is 18.0 Å². The molecule has 0 spiro atoms. The van der Waals surface area contributed by atoms with Gasteiger partial charge in [-0.05, 0) is 12.8 Å². The summed E-state index contributed by atoms with van der Waals surface area (Å²) in [6.45, 7) is 0.0249. The summed E-state index contributed by atoms with van der Waals surface area (Å²) in [5, 5.41) is 8.27. The first-order valence-electron chi connectivity index (χ1n) is 4.66. The second-order valence-corrected chi connectivity index (χ2v) is 3.56. The smallest absolute Gasteiger partial charge is 0.341 e. The van der Waals surface area contributed by atoms with E-state index in [0.717, 1.165) is 4.90 Å². The minimum Gasteiger partial charge on any atom is -0.341 e. The summed E-state index contributed by atoms with van der Waals surface area (Å²) in [5.41, 5.74) is 0. The highest BCUT2D eigenvalue weighted by Crippen LogP contribution is 2.33. The Morgan fingerprint density at radius 1 is 1.53 bits per heavy atom. The minimum absolute atomic E-state index is 0.0693. The third-order valence-electron chi connectivity index (χ3n) is 2.47. The maximum atomic E-state index is 12.4. The molecule has 0 saturated carbocycles. The Balaban J connectivity index is 2.57. The van der Waals surface area contributed by atoms with E-state index in [1.165, 1.54) is 0 Å². The number of hydrogen-bond donors (Lipinski definition) is 0. The van der Waals surface area contributed by atoms with Crippen molar-refractivity contribution in [3.05, 3.63) is 0 Å². The second kappa shape index (κ2) is 4.51. The Kier molecular flexibility index (Phi) is 3.56. The van der Waals surface area contributed by atoms with Gasteiger partial charge in [-0.15, -0.1) is 0 Å². The van der Waals surface area contributed by atoms with Crippen LogP contribution in [0.15, 0.2) is 0 Å². The molecule has 1 unspecified atom stereocenters. The van der Waals surface area contributed by atoms with Crippen LogP contribution < -0.4 is 0 Å². The number of carbonyl (C=O) groups excluding carboxylic acids is 1. The molecule has 0 aromatic heterocycles. The van der Waals surface area contributed by atoms with Gasteiger partial charge in [0.05, 0.1) is 12.0 Å². The van der Waals surface area contributed by atoms with Crippen LogP contribution in [-0.2, 0) is 4.79 Å². The number of rotatable bonds is 1. The van der Waals surface area contributed by atoms with E-state index in [-0.39, 0.29) is 19.4 Å². The van der Waals surface area contributed by atoms with Crippen molar-refractivity contribution in [2.45, 2.75) is 25.4 Å². The van der Waals surface area contributed by atoms with Gasteiger partial charge < -0.3 is 4.90 Å². The van der Waals surface area contributed by atoms with Crippen molar-refractivity contribution in [1.29, 1.82) is 5.26 Å². The highest BCUT2D eigenvalue weighted by molar-refractivity contribution is 5.78. The van der Waals surface area contributed by atoms with Crippen molar-refractivity contribution in [3.8, 4) is 6.07 Å². The first kappa shape index (κ1) is 11.8. The first-order valence-corrected chi connectivity index (χ1v) is 4.66. The van der Waals surface area contributed by atoms with Crippen molar-refractivity contribution in [1.82, 2.24) is 4.90 Å². The standard InChI is InChI=1S/C9H11F3N2O/c10-9(11,12)7-2-1-5-14(6-7)8(15)3-4-13/h7H,1-3,5-6H2. The summed E-state index contributed by atoms with van der Waals surface area (Å²) in [6, 6.07) is 1.65.